The Hall–Kier alpha value is -8.40. The maximum Gasteiger partial charge on any atom is 0.0542 e. The Balaban J connectivity index is 1.02. The van der Waals surface area contributed by atoms with E-state index in [4.69, 9.17) is 0 Å². The first kappa shape index (κ1) is 37.4. The number of aryl methyl sites for hydroxylation is 1. The molecule has 0 bridgehead atoms. The summed E-state index contributed by atoms with van der Waals surface area (Å²) in [5, 5.41) is 9.66. The molecule has 64 heavy (non-hydrogen) atoms. The van der Waals surface area contributed by atoms with E-state index < -0.39 is 0 Å². The molecule has 3 heteroatoms. The molecule has 0 aliphatic rings. The standard InChI is InChI=1S/C61H43N3/c1-42-29-33-47(34-30-42)62(57-27-13-17-43-15-5-7-21-51(43)57)48-35-31-45(32-36-48)50-38-40-60(54-24-10-9-23-53(50)54)64(58-28-14-18-44-16-6-8-22-52(44)58)49-37-39-61-56(41-49)55-25-11-12-26-59(55)63(61)46-19-3-2-4-20-46/h2-41H,1H3. The van der Waals surface area contributed by atoms with Gasteiger partial charge < -0.3 is 14.4 Å². The van der Waals surface area contributed by atoms with Gasteiger partial charge in [0.05, 0.1) is 28.1 Å². The van der Waals surface area contributed by atoms with Crippen molar-refractivity contribution in [1.29, 1.82) is 0 Å². The molecule has 0 saturated carbocycles. The molecule has 12 rings (SSSR count). The van der Waals surface area contributed by atoms with Crippen LogP contribution in [-0.4, -0.2) is 4.57 Å². The second-order valence-corrected chi connectivity index (χ2v) is 16.6. The first-order valence-electron chi connectivity index (χ1n) is 22.0. The number of hydrogen-bond donors (Lipinski definition) is 0. The van der Waals surface area contributed by atoms with Crippen LogP contribution in [0.1, 0.15) is 5.56 Å². The van der Waals surface area contributed by atoms with Gasteiger partial charge in [0.25, 0.3) is 0 Å². The van der Waals surface area contributed by atoms with Crippen molar-refractivity contribution in [1.82, 2.24) is 4.57 Å². The zero-order chi connectivity index (χ0) is 42.6. The fourth-order valence-corrected chi connectivity index (χ4v) is 9.81. The van der Waals surface area contributed by atoms with Gasteiger partial charge in [-0.2, -0.15) is 0 Å². The van der Waals surface area contributed by atoms with E-state index in [1.165, 1.54) is 70.8 Å². The summed E-state index contributed by atoms with van der Waals surface area (Å²) in [6.07, 6.45) is 0. The molecule has 0 radical (unpaired) electrons. The van der Waals surface area contributed by atoms with Crippen molar-refractivity contribution >= 4 is 88.2 Å². The quantitative estimate of drug-likeness (QED) is 0.151. The van der Waals surface area contributed by atoms with Crippen molar-refractivity contribution in [3.05, 3.63) is 248 Å². The van der Waals surface area contributed by atoms with Crippen LogP contribution in [0.2, 0.25) is 0 Å². The van der Waals surface area contributed by atoms with E-state index in [1.807, 2.05) is 0 Å². The SMILES string of the molecule is Cc1ccc(N(c2ccc(-c3ccc(N(c4ccc5c(c4)c4ccccc4n5-c4ccccc4)c4cccc5ccccc45)c4ccccc34)cc2)c2cccc3ccccc23)cc1. The molecular weight excluding hydrogens is 775 g/mol. The van der Waals surface area contributed by atoms with Gasteiger partial charge in [-0.05, 0) is 113 Å². The monoisotopic (exact) mass is 817 g/mol. The summed E-state index contributed by atoms with van der Waals surface area (Å²) in [5.41, 5.74) is 13.9. The molecule has 1 aromatic heterocycles. The molecule has 0 amide bonds. The second-order valence-electron chi connectivity index (χ2n) is 16.6. The van der Waals surface area contributed by atoms with Crippen molar-refractivity contribution in [2.24, 2.45) is 0 Å². The zero-order valence-electron chi connectivity index (χ0n) is 35.4. The van der Waals surface area contributed by atoms with E-state index >= 15 is 0 Å². The van der Waals surface area contributed by atoms with Gasteiger partial charge in [0.1, 0.15) is 0 Å². The minimum absolute atomic E-state index is 1.10. The van der Waals surface area contributed by atoms with Crippen LogP contribution < -0.4 is 9.80 Å². The largest absolute Gasteiger partial charge is 0.310 e. The van der Waals surface area contributed by atoms with Crippen molar-refractivity contribution in [3.63, 3.8) is 0 Å². The summed E-state index contributed by atoms with van der Waals surface area (Å²) in [4.78, 5) is 4.85. The number of rotatable bonds is 8. The highest BCUT2D eigenvalue weighted by atomic mass is 15.2. The summed E-state index contributed by atoms with van der Waals surface area (Å²) < 4.78 is 2.38. The van der Waals surface area contributed by atoms with Crippen LogP contribution in [0.3, 0.4) is 0 Å². The molecule has 0 saturated heterocycles. The normalized spacial score (nSPS) is 11.5. The van der Waals surface area contributed by atoms with Gasteiger partial charge in [0.15, 0.2) is 0 Å². The molecule has 12 aromatic rings. The van der Waals surface area contributed by atoms with E-state index in [2.05, 4.69) is 264 Å². The van der Waals surface area contributed by atoms with Crippen LogP contribution in [0.15, 0.2) is 243 Å². The Labute approximate surface area is 372 Å². The van der Waals surface area contributed by atoms with Crippen LogP contribution in [0.5, 0.6) is 0 Å². The van der Waals surface area contributed by atoms with Crippen LogP contribution in [0, 0.1) is 6.92 Å². The van der Waals surface area contributed by atoms with Gasteiger partial charge in [-0.1, -0.05) is 169 Å². The maximum absolute atomic E-state index is 2.47. The molecule has 0 aliphatic carbocycles. The Kier molecular flexibility index (Phi) is 9.05. The number of para-hydroxylation sites is 2. The number of aromatic nitrogens is 1. The van der Waals surface area contributed by atoms with Gasteiger partial charge in [-0.15, -0.1) is 0 Å². The third-order valence-corrected chi connectivity index (χ3v) is 12.8. The molecule has 0 aliphatic heterocycles. The van der Waals surface area contributed by atoms with E-state index in [9.17, 15) is 0 Å². The predicted octanol–water partition coefficient (Wildman–Crippen LogP) is 17.2. The average Bonchev–Trinajstić information content (AvgIpc) is 3.69. The lowest BCUT2D eigenvalue weighted by molar-refractivity contribution is 1.18. The lowest BCUT2D eigenvalue weighted by Gasteiger charge is -2.29. The summed E-state index contributed by atoms with van der Waals surface area (Å²) >= 11 is 0. The Bertz CT molecular complexity index is 3670. The van der Waals surface area contributed by atoms with Crippen molar-refractivity contribution in [3.8, 4) is 16.8 Å². The molecule has 0 fully saturated rings. The highest BCUT2D eigenvalue weighted by Crippen LogP contribution is 2.46. The van der Waals surface area contributed by atoms with Gasteiger partial charge >= 0.3 is 0 Å². The number of benzene rings is 11. The van der Waals surface area contributed by atoms with E-state index in [-0.39, 0.29) is 0 Å². The average molecular weight is 818 g/mol. The van der Waals surface area contributed by atoms with E-state index in [0.29, 0.717) is 0 Å². The zero-order valence-corrected chi connectivity index (χ0v) is 35.4. The Morgan fingerprint density at radius 1 is 0.312 bits per heavy atom. The Morgan fingerprint density at radius 2 is 0.812 bits per heavy atom. The molecule has 0 N–H and O–H groups in total. The van der Waals surface area contributed by atoms with E-state index in [0.717, 1.165) is 39.8 Å². The van der Waals surface area contributed by atoms with Crippen molar-refractivity contribution in [2.45, 2.75) is 6.92 Å². The molecular formula is C61H43N3. The van der Waals surface area contributed by atoms with Crippen molar-refractivity contribution < 1.29 is 0 Å². The van der Waals surface area contributed by atoms with Crippen LogP contribution in [-0.2, 0) is 0 Å². The maximum atomic E-state index is 2.47. The first-order valence-corrected chi connectivity index (χ1v) is 22.0. The molecule has 3 nitrogen and oxygen atoms in total. The van der Waals surface area contributed by atoms with E-state index in [1.54, 1.807) is 0 Å². The topological polar surface area (TPSA) is 11.4 Å². The smallest absolute Gasteiger partial charge is 0.0542 e. The number of hydrogen-bond acceptors (Lipinski definition) is 2. The van der Waals surface area contributed by atoms with Crippen LogP contribution in [0.25, 0.3) is 70.9 Å². The number of anilines is 6. The fraction of sp³-hybridized carbons (Fsp3) is 0.0164. The highest BCUT2D eigenvalue weighted by molar-refractivity contribution is 6.13. The fourth-order valence-electron chi connectivity index (χ4n) is 9.81. The predicted molar refractivity (Wildman–Crippen MR) is 273 cm³/mol. The lowest BCUT2D eigenvalue weighted by Crippen LogP contribution is -2.11. The van der Waals surface area contributed by atoms with Crippen LogP contribution in [0.4, 0.5) is 34.1 Å². The van der Waals surface area contributed by atoms with Gasteiger partial charge in [-0.25, -0.2) is 0 Å². The van der Waals surface area contributed by atoms with Crippen LogP contribution >= 0.6 is 0 Å². The summed E-state index contributed by atoms with van der Waals surface area (Å²) in [6, 6.07) is 88.4. The third kappa shape index (κ3) is 6.29. The number of nitrogens with zero attached hydrogens (tertiary/aromatic N) is 3. The number of fused-ring (bicyclic) bond motifs is 6. The van der Waals surface area contributed by atoms with Crippen molar-refractivity contribution in [2.75, 3.05) is 9.80 Å². The summed E-state index contributed by atoms with van der Waals surface area (Å²) in [5.74, 6) is 0. The lowest BCUT2D eigenvalue weighted by atomic mass is 9.95. The minimum atomic E-state index is 1.10. The first-order chi connectivity index (χ1) is 31.7. The molecule has 0 unspecified atom stereocenters. The second kappa shape index (κ2) is 15.5. The molecule has 0 spiro atoms. The molecule has 0 atom stereocenters. The van der Waals surface area contributed by atoms with Gasteiger partial charge in [-0.3, -0.25) is 0 Å². The van der Waals surface area contributed by atoms with Gasteiger partial charge in [0, 0.05) is 49.7 Å². The Morgan fingerprint density at radius 3 is 1.50 bits per heavy atom. The minimum Gasteiger partial charge on any atom is -0.310 e. The molecule has 302 valence electrons. The highest BCUT2D eigenvalue weighted by Gasteiger charge is 2.22. The molecule has 1 heterocycles. The van der Waals surface area contributed by atoms with Gasteiger partial charge in [0.2, 0.25) is 0 Å². The summed E-state index contributed by atoms with van der Waals surface area (Å²) in [6.45, 7) is 2.14. The summed E-state index contributed by atoms with van der Waals surface area (Å²) in [7, 11) is 0. The third-order valence-electron chi connectivity index (χ3n) is 12.8. The molecule has 11 aromatic carbocycles.